The van der Waals surface area contributed by atoms with Crippen molar-refractivity contribution in [3.8, 4) is 0 Å². The smallest absolute Gasteiger partial charge is 0.251 e. The van der Waals surface area contributed by atoms with E-state index in [1.54, 1.807) is 11.9 Å². The topological polar surface area (TPSA) is 20.3 Å². The van der Waals surface area contributed by atoms with Crippen molar-refractivity contribution in [3.05, 3.63) is 0 Å². The number of likely N-dealkylation sites (tertiary alicyclic amines) is 1. The average Bonchev–Trinajstić information content (AvgIpc) is 1.97. The van der Waals surface area contributed by atoms with E-state index in [1.807, 2.05) is 0 Å². The lowest BCUT2D eigenvalue weighted by Crippen LogP contribution is -2.30. The number of hydrogen-bond donors (Lipinski definition) is 0. The molecule has 1 rings (SSSR count). The molecule has 1 amide bonds. The van der Waals surface area contributed by atoms with Crippen molar-refractivity contribution in [2.45, 2.75) is 8.06 Å². The molecule has 1 saturated heterocycles. The highest BCUT2D eigenvalue weighted by Crippen LogP contribution is 2.41. The number of nitrogens with zero attached hydrogens (tertiary/aromatic N) is 1. The molecule has 0 aromatic carbocycles. The van der Waals surface area contributed by atoms with E-state index in [2.05, 4.69) is 47.8 Å². The van der Waals surface area contributed by atoms with Gasteiger partial charge in [-0.2, -0.15) is 0 Å². The van der Waals surface area contributed by atoms with E-state index in [4.69, 9.17) is 0 Å². The van der Waals surface area contributed by atoms with Crippen molar-refractivity contribution in [2.75, 3.05) is 13.6 Å². The molecule has 1 atom stereocenters. The van der Waals surface area contributed by atoms with Crippen LogP contribution in [0, 0.1) is 0 Å². The fraction of sp³-hybridized carbons (Fsp3) is 0.800. The van der Waals surface area contributed by atoms with Gasteiger partial charge in [-0.1, -0.05) is 47.8 Å². The Morgan fingerprint density at radius 1 is 1.70 bits per heavy atom. The molecular weight excluding hydrogens is 330 g/mol. The lowest BCUT2D eigenvalue weighted by atomic mass is 10.4. The fourth-order valence-corrected chi connectivity index (χ4v) is 2.35. The second kappa shape index (κ2) is 2.75. The van der Waals surface area contributed by atoms with Gasteiger partial charge in [-0.15, -0.1) is 0 Å². The van der Waals surface area contributed by atoms with Gasteiger partial charge in [0.2, 0.25) is 0 Å². The summed E-state index contributed by atoms with van der Waals surface area (Å²) >= 11 is 9.97. The third-order valence-corrected chi connectivity index (χ3v) is 5.45. The van der Waals surface area contributed by atoms with E-state index in [-0.39, 0.29) is 10.7 Å². The van der Waals surface area contributed by atoms with Crippen LogP contribution < -0.4 is 0 Å². The van der Waals surface area contributed by atoms with Crippen molar-refractivity contribution < 1.29 is 4.79 Å². The van der Waals surface area contributed by atoms with Crippen molar-refractivity contribution >= 4 is 53.7 Å². The van der Waals surface area contributed by atoms with E-state index in [9.17, 15) is 4.79 Å². The van der Waals surface area contributed by atoms with Gasteiger partial charge < -0.3 is 4.90 Å². The molecule has 1 aliphatic rings. The molecule has 0 spiro atoms. The van der Waals surface area contributed by atoms with E-state index < -0.39 is 3.23 Å². The Hall–Kier alpha value is 0.910. The second-order valence-corrected chi connectivity index (χ2v) is 6.95. The van der Waals surface area contributed by atoms with Crippen LogP contribution in [-0.2, 0) is 4.79 Å². The van der Waals surface area contributed by atoms with Crippen LogP contribution in [0.4, 0.5) is 0 Å². The predicted octanol–water partition coefficient (Wildman–Crippen LogP) is 1.71. The van der Waals surface area contributed by atoms with Crippen molar-refractivity contribution in [3.63, 3.8) is 0 Å². The Morgan fingerprint density at radius 3 is 2.30 bits per heavy atom. The molecule has 0 radical (unpaired) electrons. The summed E-state index contributed by atoms with van der Waals surface area (Å²) in [5.41, 5.74) is 0. The summed E-state index contributed by atoms with van der Waals surface area (Å²) in [4.78, 5) is 13.0. The minimum absolute atomic E-state index is 0.0642. The van der Waals surface area contributed by atoms with Crippen LogP contribution in [0.2, 0.25) is 0 Å². The monoisotopic (exact) mass is 333 g/mol. The number of halogens is 3. The number of alkyl halides is 3. The summed E-state index contributed by atoms with van der Waals surface area (Å²) in [6.45, 7) is 0.731. The molecule has 0 aromatic rings. The summed E-state index contributed by atoms with van der Waals surface area (Å²) in [6.07, 6.45) is 0. The van der Waals surface area contributed by atoms with Crippen molar-refractivity contribution in [1.29, 1.82) is 0 Å². The first-order chi connectivity index (χ1) is 4.46. The number of carbonyl (C=O) groups excluding carboxylic acids is 1. The van der Waals surface area contributed by atoms with Gasteiger partial charge in [0.1, 0.15) is 0 Å². The molecule has 58 valence electrons. The number of hydrogen-bond acceptors (Lipinski definition) is 1. The zero-order valence-corrected chi connectivity index (χ0v) is 10.0. The lowest BCUT2D eigenvalue weighted by molar-refractivity contribution is -0.126. The molecular formula is C5H6Br3NO. The van der Waals surface area contributed by atoms with Gasteiger partial charge in [0, 0.05) is 13.6 Å². The molecule has 2 nitrogen and oxygen atoms in total. The van der Waals surface area contributed by atoms with Gasteiger partial charge >= 0.3 is 0 Å². The largest absolute Gasteiger partial charge is 0.343 e. The van der Waals surface area contributed by atoms with Crippen LogP contribution in [0.1, 0.15) is 0 Å². The van der Waals surface area contributed by atoms with Gasteiger partial charge in [0.25, 0.3) is 5.91 Å². The summed E-state index contributed by atoms with van der Waals surface area (Å²) in [7, 11) is 1.78. The van der Waals surface area contributed by atoms with Gasteiger partial charge in [-0.05, 0) is 0 Å². The second-order valence-electron chi connectivity index (χ2n) is 2.28. The van der Waals surface area contributed by atoms with Crippen molar-refractivity contribution in [1.82, 2.24) is 4.90 Å². The van der Waals surface area contributed by atoms with Crippen LogP contribution in [0.3, 0.4) is 0 Å². The van der Waals surface area contributed by atoms with E-state index in [0.717, 1.165) is 6.54 Å². The molecule has 5 heteroatoms. The zero-order valence-electron chi connectivity index (χ0n) is 5.27. The zero-order chi connectivity index (χ0) is 7.94. The fourth-order valence-electron chi connectivity index (χ4n) is 0.826. The molecule has 0 bridgehead atoms. The van der Waals surface area contributed by atoms with Crippen molar-refractivity contribution in [2.24, 2.45) is 0 Å². The van der Waals surface area contributed by atoms with Crippen LogP contribution in [0.25, 0.3) is 0 Å². The molecule has 1 aliphatic heterocycles. The first kappa shape index (κ1) is 9.00. The Kier molecular flexibility index (Phi) is 2.48. The molecule has 0 aromatic heterocycles. The van der Waals surface area contributed by atoms with Gasteiger partial charge in [-0.3, -0.25) is 4.79 Å². The van der Waals surface area contributed by atoms with Gasteiger partial charge in [-0.25, -0.2) is 0 Å². The molecule has 0 aliphatic carbocycles. The summed E-state index contributed by atoms with van der Waals surface area (Å²) in [5.74, 6) is 0.0642. The maximum atomic E-state index is 11.2. The highest BCUT2D eigenvalue weighted by atomic mass is 79.9. The van der Waals surface area contributed by atoms with Gasteiger partial charge in [0.05, 0.1) is 4.83 Å². The van der Waals surface area contributed by atoms with E-state index in [1.165, 1.54) is 0 Å². The highest BCUT2D eigenvalue weighted by Gasteiger charge is 2.48. The molecule has 10 heavy (non-hydrogen) atoms. The lowest BCUT2D eigenvalue weighted by Gasteiger charge is -2.13. The molecule has 1 fully saturated rings. The number of carbonyl (C=O) groups is 1. The first-order valence-electron chi connectivity index (χ1n) is 2.73. The normalized spacial score (nSPS) is 31.4. The Bertz CT molecular complexity index is 170. The average molecular weight is 336 g/mol. The predicted molar refractivity (Wildman–Crippen MR) is 50.9 cm³/mol. The Morgan fingerprint density at radius 2 is 2.20 bits per heavy atom. The SMILES string of the molecule is CN1CC(Br)C(Br)(Br)C1=O. The minimum Gasteiger partial charge on any atom is -0.343 e. The van der Waals surface area contributed by atoms with Crippen LogP contribution in [-0.4, -0.2) is 32.5 Å². The first-order valence-corrected chi connectivity index (χ1v) is 5.24. The molecule has 0 saturated carbocycles. The van der Waals surface area contributed by atoms with E-state index >= 15 is 0 Å². The van der Waals surface area contributed by atoms with E-state index in [0.29, 0.717) is 0 Å². The maximum absolute atomic E-state index is 11.2. The standard InChI is InChI=1S/C5H6Br3NO/c1-9-2-3(6)5(7,8)4(9)10/h3H,2H2,1H3. The van der Waals surface area contributed by atoms with Crippen LogP contribution in [0.5, 0.6) is 0 Å². The molecule has 0 N–H and O–H groups in total. The molecule has 1 unspecified atom stereocenters. The Balaban J connectivity index is 2.85. The quantitative estimate of drug-likeness (QED) is 0.617. The maximum Gasteiger partial charge on any atom is 0.251 e. The minimum atomic E-state index is -0.589. The number of amides is 1. The highest BCUT2D eigenvalue weighted by molar-refractivity contribution is 9.26. The van der Waals surface area contributed by atoms with Crippen LogP contribution >= 0.6 is 47.8 Å². The Labute approximate surface area is 84.7 Å². The molecule has 1 heterocycles. The third kappa shape index (κ3) is 1.28. The summed E-state index contributed by atoms with van der Waals surface area (Å²) in [5, 5.41) is 0. The van der Waals surface area contributed by atoms with Gasteiger partial charge in [0.15, 0.2) is 3.23 Å². The van der Waals surface area contributed by atoms with Crippen LogP contribution in [0.15, 0.2) is 0 Å². The number of rotatable bonds is 0. The summed E-state index contributed by atoms with van der Waals surface area (Å²) in [6, 6.07) is 0. The third-order valence-electron chi connectivity index (χ3n) is 1.46. The summed E-state index contributed by atoms with van der Waals surface area (Å²) < 4.78 is -0.589.